The highest BCUT2D eigenvalue weighted by molar-refractivity contribution is 5.66. The fourth-order valence-electron chi connectivity index (χ4n) is 6.12. The monoisotopic (exact) mass is 609 g/mol. The second kappa shape index (κ2) is 30.1. The van der Waals surface area contributed by atoms with Gasteiger partial charge in [-0.2, -0.15) is 0 Å². The molecule has 0 aromatic rings. The normalized spacial score (nSPS) is 11.8. The molecule has 0 atom stereocenters. The first kappa shape index (κ1) is 41.1. The number of carboxylic acids is 3. The molecular weight excluding hydrogens is 542 g/mol. The summed E-state index contributed by atoms with van der Waals surface area (Å²) in [6.07, 6.45) is 32.4. The van der Waals surface area contributed by atoms with Crippen LogP contribution in [0.4, 0.5) is 0 Å². The molecular formula is C36H67NO6. The van der Waals surface area contributed by atoms with Gasteiger partial charge in [-0.1, -0.05) is 115 Å². The van der Waals surface area contributed by atoms with E-state index < -0.39 is 17.9 Å². The van der Waals surface area contributed by atoms with Crippen molar-refractivity contribution in [2.24, 2.45) is 0 Å². The van der Waals surface area contributed by atoms with Gasteiger partial charge in [0.05, 0.1) is 39.0 Å². The van der Waals surface area contributed by atoms with Gasteiger partial charge < -0.3 is 24.6 Å². The van der Waals surface area contributed by atoms with Gasteiger partial charge in [0, 0.05) is 25.2 Å². The van der Waals surface area contributed by atoms with E-state index in [9.17, 15) is 19.5 Å². The van der Waals surface area contributed by atoms with Crippen LogP contribution >= 0.6 is 0 Å². The highest BCUT2D eigenvalue weighted by Gasteiger charge is 2.26. The highest BCUT2D eigenvalue weighted by Crippen LogP contribution is 2.18. The molecule has 7 nitrogen and oxygen atoms in total. The number of quaternary nitrogens is 1. The van der Waals surface area contributed by atoms with Gasteiger partial charge in [-0.05, 0) is 38.5 Å². The topological polar surface area (TPSA) is 115 Å². The maximum atomic E-state index is 11.1. The largest absolute Gasteiger partial charge is 0.550 e. The standard InChI is InChI=1S/C36H67NO6/c1-2-3-4-5-6-7-8-9-10-11-12-13-14-15-16-17-18-19-20-21-22-23-30-37(31-24-27-34(38)39,32-25-28-35(40)41)33-26-29-36(42)43/h19-20H,2-18,21-33H2,1H3,(H2-,38,39,40,41,42,43)/b20-19+. The summed E-state index contributed by atoms with van der Waals surface area (Å²) in [5.41, 5.74) is 0. The Labute approximate surface area is 264 Å². The molecule has 0 bridgehead atoms. The van der Waals surface area contributed by atoms with Gasteiger partial charge in [-0.3, -0.25) is 9.59 Å². The quantitative estimate of drug-likeness (QED) is 0.0430. The van der Waals surface area contributed by atoms with Crippen LogP contribution in [0.5, 0.6) is 0 Å². The summed E-state index contributed by atoms with van der Waals surface area (Å²) in [5, 5.41) is 29.2. The number of aliphatic carboxylic acids is 3. The van der Waals surface area contributed by atoms with Gasteiger partial charge in [0.15, 0.2) is 0 Å². The van der Waals surface area contributed by atoms with Crippen molar-refractivity contribution in [3.8, 4) is 0 Å². The molecule has 0 aliphatic rings. The lowest BCUT2D eigenvalue weighted by Crippen LogP contribution is -2.51. The summed E-state index contributed by atoms with van der Waals surface area (Å²) < 4.78 is 0.594. The maximum Gasteiger partial charge on any atom is 0.303 e. The number of hydrogen-bond acceptors (Lipinski definition) is 4. The number of nitrogens with zero attached hydrogens (tertiary/aromatic N) is 1. The molecule has 0 amide bonds. The average Bonchev–Trinajstić information content (AvgIpc) is 2.95. The van der Waals surface area contributed by atoms with Gasteiger partial charge in [0.2, 0.25) is 0 Å². The number of rotatable bonds is 34. The van der Waals surface area contributed by atoms with Crippen molar-refractivity contribution in [1.29, 1.82) is 0 Å². The van der Waals surface area contributed by atoms with Crippen LogP contribution in [0, 0.1) is 0 Å². The van der Waals surface area contributed by atoms with Crippen LogP contribution < -0.4 is 5.11 Å². The van der Waals surface area contributed by atoms with E-state index in [2.05, 4.69) is 19.1 Å². The Morgan fingerprint density at radius 3 is 1.19 bits per heavy atom. The highest BCUT2D eigenvalue weighted by atomic mass is 16.4. The minimum atomic E-state index is -1.08. The fourth-order valence-corrected chi connectivity index (χ4v) is 6.12. The van der Waals surface area contributed by atoms with Crippen molar-refractivity contribution in [1.82, 2.24) is 0 Å². The predicted molar refractivity (Wildman–Crippen MR) is 175 cm³/mol. The first-order valence-corrected chi connectivity index (χ1v) is 17.9. The smallest absolute Gasteiger partial charge is 0.303 e. The number of allylic oxidation sites excluding steroid dienone is 2. The number of unbranched alkanes of at least 4 members (excludes halogenated alkanes) is 18. The van der Waals surface area contributed by atoms with Crippen LogP contribution in [0.1, 0.15) is 174 Å². The van der Waals surface area contributed by atoms with E-state index in [-0.39, 0.29) is 19.3 Å². The first-order chi connectivity index (χ1) is 20.8. The molecule has 43 heavy (non-hydrogen) atoms. The lowest BCUT2D eigenvalue weighted by Gasteiger charge is -2.39. The van der Waals surface area contributed by atoms with Gasteiger partial charge in [0.25, 0.3) is 0 Å². The number of carboxylic acid groups (broad SMARTS) is 3. The molecule has 7 heteroatoms. The van der Waals surface area contributed by atoms with Crippen molar-refractivity contribution in [2.45, 2.75) is 174 Å². The van der Waals surface area contributed by atoms with Crippen molar-refractivity contribution in [3.63, 3.8) is 0 Å². The van der Waals surface area contributed by atoms with Crippen molar-refractivity contribution in [2.75, 3.05) is 26.2 Å². The SMILES string of the molecule is CCCCCCCCCCCCCCCCCC/C=C/CCCC[N+](CCCC(=O)[O-])(CCCC(=O)O)CCCC(=O)O. The zero-order chi connectivity index (χ0) is 31.9. The van der Waals surface area contributed by atoms with E-state index in [1.807, 2.05) is 0 Å². The van der Waals surface area contributed by atoms with Crippen LogP contribution in [-0.4, -0.2) is 58.8 Å². The second-order valence-electron chi connectivity index (χ2n) is 12.8. The van der Waals surface area contributed by atoms with E-state index in [4.69, 9.17) is 10.2 Å². The minimum Gasteiger partial charge on any atom is -0.550 e. The van der Waals surface area contributed by atoms with Crippen molar-refractivity contribution >= 4 is 17.9 Å². The summed E-state index contributed by atoms with van der Waals surface area (Å²) >= 11 is 0. The van der Waals surface area contributed by atoms with Crippen LogP contribution in [0.15, 0.2) is 12.2 Å². The Balaban J connectivity index is 4.04. The fraction of sp³-hybridized carbons (Fsp3) is 0.861. The zero-order valence-electron chi connectivity index (χ0n) is 27.8. The zero-order valence-corrected chi connectivity index (χ0v) is 27.8. The maximum absolute atomic E-state index is 11.1. The molecule has 252 valence electrons. The Kier molecular flexibility index (Phi) is 28.8. The third-order valence-corrected chi connectivity index (χ3v) is 8.70. The molecule has 0 spiro atoms. The number of carbonyl (C=O) groups is 3. The van der Waals surface area contributed by atoms with E-state index in [1.54, 1.807) is 0 Å². The van der Waals surface area contributed by atoms with Crippen LogP contribution in [0.25, 0.3) is 0 Å². The van der Waals surface area contributed by atoms with E-state index in [0.29, 0.717) is 43.4 Å². The Morgan fingerprint density at radius 1 is 0.488 bits per heavy atom. The molecule has 0 heterocycles. The van der Waals surface area contributed by atoms with E-state index in [0.717, 1.165) is 32.2 Å². The Hall–Kier alpha value is -1.89. The van der Waals surface area contributed by atoms with Gasteiger partial charge in [-0.15, -0.1) is 0 Å². The lowest BCUT2D eigenvalue weighted by atomic mass is 10.0. The molecule has 2 N–H and O–H groups in total. The Morgan fingerprint density at radius 2 is 0.814 bits per heavy atom. The molecule has 0 rings (SSSR count). The third kappa shape index (κ3) is 29.9. The molecule has 0 unspecified atom stereocenters. The average molecular weight is 610 g/mol. The molecule has 0 radical (unpaired) electrons. The van der Waals surface area contributed by atoms with E-state index in [1.165, 1.54) is 103 Å². The first-order valence-electron chi connectivity index (χ1n) is 17.9. The summed E-state index contributed by atoms with van der Waals surface area (Å²) in [6.45, 7) is 4.97. The van der Waals surface area contributed by atoms with Gasteiger partial charge in [-0.25, -0.2) is 0 Å². The predicted octanol–water partition coefficient (Wildman–Crippen LogP) is 8.44. The molecule has 0 saturated carbocycles. The van der Waals surface area contributed by atoms with Gasteiger partial charge in [0.1, 0.15) is 0 Å². The molecule has 0 aromatic heterocycles. The summed E-state index contributed by atoms with van der Waals surface area (Å²) in [6, 6.07) is 0. The minimum absolute atomic E-state index is 0.0278. The molecule has 0 aliphatic carbocycles. The lowest BCUT2D eigenvalue weighted by molar-refractivity contribution is -0.929. The van der Waals surface area contributed by atoms with Crippen LogP contribution in [0.3, 0.4) is 0 Å². The van der Waals surface area contributed by atoms with Crippen LogP contribution in [-0.2, 0) is 14.4 Å². The second-order valence-corrected chi connectivity index (χ2v) is 12.8. The molecule has 0 aromatic carbocycles. The molecule has 0 saturated heterocycles. The van der Waals surface area contributed by atoms with Gasteiger partial charge >= 0.3 is 11.9 Å². The number of hydrogen-bond donors (Lipinski definition) is 2. The molecule has 0 aliphatic heterocycles. The third-order valence-electron chi connectivity index (χ3n) is 8.70. The van der Waals surface area contributed by atoms with Crippen molar-refractivity contribution in [3.05, 3.63) is 12.2 Å². The molecule has 0 fully saturated rings. The van der Waals surface area contributed by atoms with Crippen LogP contribution in [0.2, 0.25) is 0 Å². The summed E-state index contributed by atoms with van der Waals surface area (Å²) in [7, 11) is 0. The number of carbonyl (C=O) groups excluding carboxylic acids is 1. The summed E-state index contributed by atoms with van der Waals surface area (Å²) in [4.78, 5) is 33.1. The summed E-state index contributed by atoms with van der Waals surface area (Å²) in [5.74, 6) is -2.76. The van der Waals surface area contributed by atoms with E-state index >= 15 is 0 Å². The Bertz CT molecular complexity index is 658. The van der Waals surface area contributed by atoms with Crippen molar-refractivity contribution < 1.29 is 34.2 Å².